The van der Waals surface area contributed by atoms with Crippen molar-refractivity contribution < 1.29 is 23.9 Å². The number of amides is 3. The molecule has 0 radical (unpaired) electrons. The molecule has 186 valence electrons. The Bertz CT molecular complexity index is 1490. The van der Waals surface area contributed by atoms with Gasteiger partial charge in [0.2, 0.25) is 17.7 Å². The lowest BCUT2D eigenvalue weighted by Crippen LogP contribution is -2.31. The molecular weight excluding hydrogens is 468 g/mol. The standard InChI is InChI=1S/C30H26N2O5/c1-18-12-13-24-25(14-18)29(35)32(28(24)34)21-8-5-9-22(16-21)37-30(36)20-15-27(33)31(17-20)26-11-4-7-19-6-2-3-10-23(19)26/h2-12,16,20,24-25H,13-15,17H2,1H3/t20-,24-,25+/m0/s1. The maximum atomic E-state index is 13.1. The van der Waals surface area contributed by atoms with E-state index in [2.05, 4.69) is 0 Å². The molecule has 0 unspecified atom stereocenters. The van der Waals surface area contributed by atoms with Crippen molar-refractivity contribution in [2.45, 2.75) is 26.2 Å². The van der Waals surface area contributed by atoms with Gasteiger partial charge in [0.25, 0.3) is 0 Å². The minimum atomic E-state index is -0.623. The molecule has 2 saturated heterocycles. The van der Waals surface area contributed by atoms with E-state index in [1.807, 2.05) is 55.5 Å². The molecule has 7 heteroatoms. The van der Waals surface area contributed by atoms with Crippen molar-refractivity contribution >= 4 is 45.8 Å². The van der Waals surface area contributed by atoms with Crippen molar-refractivity contribution in [3.63, 3.8) is 0 Å². The fraction of sp³-hybridized carbons (Fsp3) is 0.267. The van der Waals surface area contributed by atoms with Crippen molar-refractivity contribution in [2.75, 3.05) is 16.3 Å². The quantitative estimate of drug-likeness (QED) is 0.228. The third kappa shape index (κ3) is 4.00. The summed E-state index contributed by atoms with van der Waals surface area (Å²) in [5.41, 5.74) is 2.29. The van der Waals surface area contributed by atoms with Crippen LogP contribution in [0.3, 0.4) is 0 Å². The smallest absolute Gasteiger partial charge is 0.316 e. The summed E-state index contributed by atoms with van der Waals surface area (Å²) in [6.45, 7) is 2.20. The number of anilines is 2. The van der Waals surface area contributed by atoms with Gasteiger partial charge in [-0.25, -0.2) is 4.90 Å². The highest BCUT2D eigenvalue weighted by molar-refractivity contribution is 6.22. The molecule has 0 aromatic heterocycles. The molecule has 0 bridgehead atoms. The second-order valence-electron chi connectivity index (χ2n) is 10.0. The van der Waals surface area contributed by atoms with Crippen molar-refractivity contribution in [2.24, 2.45) is 17.8 Å². The summed E-state index contributed by atoms with van der Waals surface area (Å²) in [5, 5.41) is 1.97. The molecule has 0 spiro atoms. The minimum absolute atomic E-state index is 0.0561. The van der Waals surface area contributed by atoms with E-state index in [4.69, 9.17) is 4.74 Å². The SMILES string of the molecule is CC1=CC[C@@H]2C(=O)N(c3cccc(OC(=O)[C@H]4CC(=O)N(c5cccc6ccccc56)C4)c3)C(=O)[C@@H]2C1. The van der Waals surface area contributed by atoms with Gasteiger partial charge in [0.05, 0.1) is 29.1 Å². The Morgan fingerprint density at radius 1 is 0.892 bits per heavy atom. The fourth-order valence-electron chi connectivity index (χ4n) is 5.72. The Kier molecular flexibility index (Phi) is 5.63. The molecule has 1 aliphatic carbocycles. The van der Waals surface area contributed by atoms with E-state index in [0.29, 0.717) is 18.5 Å². The van der Waals surface area contributed by atoms with Crippen LogP contribution in [0.1, 0.15) is 26.2 Å². The van der Waals surface area contributed by atoms with Crippen LogP contribution in [-0.4, -0.2) is 30.2 Å². The summed E-state index contributed by atoms with van der Waals surface area (Å²) in [4.78, 5) is 54.9. The highest BCUT2D eigenvalue weighted by Gasteiger charge is 2.48. The summed E-state index contributed by atoms with van der Waals surface area (Å²) in [5.74, 6) is -2.13. The van der Waals surface area contributed by atoms with Crippen LogP contribution in [0.2, 0.25) is 0 Å². The topological polar surface area (TPSA) is 84.0 Å². The number of nitrogens with zero attached hydrogens (tertiary/aromatic N) is 2. The van der Waals surface area contributed by atoms with Gasteiger partial charge in [0.1, 0.15) is 5.75 Å². The molecule has 6 rings (SSSR count). The van der Waals surface area contributed by atoms with E-state index >= 15 is 0 Å². The molecule has 7 nitrogen and oxygen atoms in total. The summed E-state index contributed by atoms with van der Waals surface area (Å²) in [6.07, 6.45) is 3.23. The van der Waals surface area contributed by atoms with Crippen LogP contribution in [-0.2, 0) is 19.2 Å². The lowest BCUT2D eigenvalue weighted by atomic mass is 9.82. The van der Waals surface area contributed by atoms with Gasteiger partial charge in [-0.05, 0) is 43.4 Å². The van der Waals surface area contributed by atoms with Gasteiger partial charge >= 0.3 is 5.97 Å². The average molecular weight is 495 g/mol. The zero-order valence-corrected chi connectivity index (χ0v) is 20.4. The molecule has 2 aliphatic heterocycles. The largest absolute Gasteiger partial charge is 0.426 e. The number of rotatable bonds is 4. The van der Waals surface area contributed by atoms with Crippen LogP contribution in [0.25, 0.3) is 10.8 Å². The van der Waals surface area contributed by atoms with E-state index in [1.165, 1.54) is 4.90 Å². The molecular formula is C30H26N2O5. The second kappa shape index (κ2) is 9.00. The maximum absolute atomic E-state index is 13.1. The first-order valence-corrected chi connectivity index (χ1v) is 12.5. The number of hydrogen-bond acceptors (Lipinski definition) is 5. The number of carbonyl (C=O) groups is 4. The lowest BCUT2D eigenvalue weighted by molar-refractivity contribution is -0.139. The number of benzene rings is 3. The van der Waals surface area contributed by atoms with Crippen molar-refractivity contribution in [1.29, 1.82) is 0 Å². The van der Waals surface area contributed by atoms with E-state index in [9.17, 15) is 19.2 Å². The van der Waals surface area contributed by atoms with Gasteiger partial charge in [-0.2, -0.15) is 0 Å². The van der Waals surface area contributed by atoms with E-state index < -0.39 is 11.9 Å². The number of fused-ring (bicyclic) bond motifs is 2. The molecule has 2 heterocycles. The zero-order valence-electron chi connectivity index (χ0n) is 20.4. The van der Waals surface area contributed by atoms with Crippen LogP contribution in [0, 0.1) is 17.8 Å². The highest BCUT2D eigenvalue weighted by Crippen LogP contribution is 2.40. The van der Waals surface area contributed by atoms with Crippen LogP contribution in [0.4, 0.5) is 11.4 Å². The molecule has 3 aliphatic rings. The summed E-state index contributed by atoms with van der Waals surface area (Å²) in [7, 11) is 0. The lowest BCUT2D eigenvalue weighted by Gasteiger charge is -2.19. The first kappa shape index (κ1) is 23.2. The minimum Gasteiger partial charge on any atom is -0.426 e. The predicted molar refractivity (Wildman–Crippen MR) is 139 cm³/mol. The third-order valence-corrected chi connectivity index (χ3v) is 7.63. The van der Waals surface area contributed by atoms with Crippen molar-refractivity contribution in [3.8, 4) is 5.75 Å². The summed E-state index contributed by atoms with van der Waals surface area (Å²) < 4.78 is 5.65. The van der Waals surface area contributed by atoms with Crippen LogP contribution < -0.4 is 14.5 Å². The Balaban J connectivity index is 1.18. The van der Waals surface area contributed by atoms with Gasteiger partial charge in [-0.15, -0.1) is 0 Å². The van der Waals surface area contributed by atoms with Gasteiger partial charge in [-0.1, -0.05) is 54.1 Å². The van der Waals surface area contributed by atoms with Gasteiger partial charge in [-0.3, -0.25) is 19.2 Å². The maximum Gasteiger partial charge on any atom is 0.316 e. The van der Waals surface area contributed by atoms with Crippen LogP contribution in [0.15, 0.2) is 78.4 Å². The molecule has 3 atom stereocenters. The van der Waals surface area contributed by atoms with Gasteiger partial charge < -0.3 is 9.64 Å². The van der Waals surface area contributed by atoms with E-state index in [-0.39, 0.29) is 48.3 Å². The highest BCUT2D eigenvalue weighted by atomic mass is 16.5. The van der Waals surface area contributed by atoms with Crippen molar-refractivity contribution in [3.05, 3.63) is 78.4 Å². The third-order valence-electron chi connectivity index (χ3n) is 7.63. The van der Waals surface area contributed by atoms with Gasteiger partial charge in [0.15, 0.2) is 0 Å². The van der Waals surface area contributed by atoms with E-state index in [0.717, 1.165) is 22.0 Å². The average Bonchev–Trinajstić information content (AvgIpc) is 3.40. The Hall–Kier alpha value is -4.26. The molecule has 37 heavy (non-hydrogen) atoms. The van der Waals surface area contributed by atoms with Crippen LogP contribution in [0.5, 0.6) is 5.75 Å². The molecule has 2 fully saturated rings. The molecule has 0 N–H and O–H groups in total. The second-order valence-corrected chi connectivity index (χ2v) is 10.0. The number of ether oxygens (including phenoxy) is 1. The predicted octanol–water partition coefficient (Wildman–Crippen LogP) is 4.64. The molecule has 3 aromatic rings. The Labute approximate surface area is 214 Å². The Morgan fingerprint density at radius 2 is 1.65 bits per heavy atom. The number of allylic oxidation sites excluding steroid dienone is 2. The monoisotopic (exact) mass is 494 g/mol. The zero-order chi connectivity index (χ0) is 25.7. The number of hydrogen-bond donors (Lipinski definition) is 0. The number of imide groups is 1. The molecule has 0 saturated carbocycles. The van der Waals surface area contributed by atoms with Gasteiger partial charge in [0, 0.05) is 24.4 Å². The number of esters is 1. The van der Waals surface area contributed by atoms with Crippen molar-refractivity contribution in [1.82, 2.24) is 0 Å². The fourth-order valence-corrected chi connectivity index (χ4v) is 5.72. The first-order valence-electron chi connectivity index (χ1n) is 12.5. The summed E-state index contributed by atoms with van der Waals surface area (Å²) in [6, 6.07) is 20.1. The van der Waals surface area contributed by atoms with E-state index in [1.54, 1.807) is 29.2 Å². The molecule has 3 aromatic carbocycles. The van der Waals surface area contributed by atoms with Crippen LogP contribution >= 0.6 is 0 Å². The Morgan fingerprint density at radius 3 is 2.51 bits per heavy atom. The molecule has 3 amide bonds. The summed E-state index contributed by atoms with van der Waals surface area (Å²) >= 11 is 0. The first-order chi connectivity index (χ1) is 17.9. The number of carbonyl (C=O) groups excluding carboxylic acids is 4. The normalized spacial score (nSPS) is 23.4.